The molecule has 1 aromatic rings. The summed E-state index contributed by atoms with van der Waals surface area (Å²) in [5.74, 6) is 0.809. The van der Waals surface area contributed by atoms with Crippen LogP contribution < -0.4 is 10.6 Å². The summed E-state index contributed by atoms with van der Waals surface area (Å²) in [6.07, 6.45) is 0.606. The second-order valence-electron chi connectivity index (χ2n) is 5.90. The monoisotopic (exact) mass is 432 g/mol. The largest absolute Gasteiger partial charge is 0.373 e. The zero-order valence-corrected chi connectivity index (χ0v) is 16.8. The van der Waals surface area contributed by atoms with Gasteiger partial charge in [0.05, 0.1) is 12.2 Å². The molecule has 1 saturated heterocycles. The Morgan fingerprint density at radius 2 is 1.83 bits per heavy atom. The molecule has 23 heavy (non-hydrogen) atoms. The van der Waals surface area contributed by atoms with Gasteiger partial charge < -0.3 is 15.4 Å². The van der Waals surface area contributed by atoms with Gasteiger partial charge in [0.2, 0.25) is 0 Å². The van der Waals surface area contributed by atoms with Gasteiger partial charge >= 0.3 is 0 Å². The van der Waals surface area contributed by atoms with Crippen molar-refractivity contribution in [2.24, 2.45) is 4.99 Å². The Hall–Kier alpha value is -0.860. The highest BCUT2D eigenvalue weighted by molar-refractivity contribution is 14.0. The first kappa shape index (κ1) is 20.2. The van der Waals surface area contributed by atoms with Crippen molar-refractivity contribution in [1.29, 1.82) is 0 Å². The number of hydrogen-bond acceptors (Lipinski definition) is 3. The van der Waals surface area contributed by atoms with E-state index in [-0.39, 0.29) is 24.0 Å². The first-order valence-electron chi connectivity index (χ1n) is 7.95. The van der Waals surface area contributed by atoms with Gasteiger partial charge in [0.1, 0.15) is 0 Å². The van der Waals surface area contributed by atoms with Crippen LogP contribution in [0, 0.1) is 0 Å². The van der Waals surface area contributed by atoms with Gasteiger partial charge in [-0.05, 0) is 25.0 Å². The first-order chi connectivity index (χ1) is 10.6. The number of nitrogens with one attached hydrogen (secondary N) is 2. The van der Waals surface area contributed by atoms with E-state index in [1.165, 1.54) is 11.1 Å². The number of morpholine rings is 1. The van der Waals surface area contributed by atoms with Crippen LogP contribution in [0.25, 0.3) is 0 Å². The van der Waals surface area contributed by atoms with Gasteiger partial charge in [-0.1, -0.05) is 24.3 Å². The van der Waals surface area contributed by atoms with E-state index in [9.17, 15) is 0 Å². The van der Waals surface area contributed by atoms with Crippen LogP contribution in [0.2, 0.25) is 0 Å². The third-order valence-electron chi connectivity index (χ3n) is 3.91. The molecule has 1 fully saturated rings. The van der Waals surface area contributed by atoms with Crippen LogP contribution in [0.3, 0.4) is 0 Å². The van der Waals surface area contributed by atoms with Gasteiger partial charge in [-0.15, -0.1) is 24.0 Å². The number of halogens is 1. The molecule has 5 nitrogen and oxygen atoms in total. The molecule has 0 aromatic heterocycles. The zero-order chi connectivity index (χ0) is 15.9. The number of guanidine groups is 1. The van der Waals surface area contributed by atoms with E-state index in [0.717, 1.165) is 32.1 Å². The van der Waals surface area contributed by atoms with Crippen LogP contribution in [-0.2, 0) is 17.8 Å². The molecule has 1 aliphatic heterocycles. The van der Waals surface area contributed by atoms with Crippen molar-refractivity contribution in [3.63, 3.8) is 0 Å². The summed E-state index contributed by atoms with van der Waals surface area (Å²) in [5, 5.41) is 6.37. The lowest BCUT2D eigenvalue weighted by atomic mass is 10.1. The molecule has 1 aromatic carbocycles. The summed E-state index contributed by atoms with van der Waals surface area (Å²) in [7, 11) is 3.65. The van der Waals surface area contributed by atoms with Crippen molar-refractivity contribution in [3.8, 4) is 0 Å². The third-order valence-corrected chi connectivity index (χ3v) is 3.91. The lowest BCUT2D eigenvalue weighted by Crippen LogP contribution is -2.45. The van der Waals surface area contributed by atoms with Gasteiger partial charge in [0.15, 0.2) is 5.96 Å². The molecule has 0 amide bonds. The standard InChI is InChI=1S/C17H28N4O.HI/c1-13-10-21(11-14(2)22-13)12-16-8-6-5-7-15(16)9-20-17(18-3)19-4;/h5-8,13-14H,9-12H2,1-4H3,(H2,18,19,20);1H. The van der Waals surface area contributed by atoms with Gasteiger partial charge in [-0.3, -0.25) is 9.89 Å². The zero-order valence-electron chi connectivity index (χ0n) is 14.5. The minimum absolute atomic E-state index is 0. The summed E-state index contributed by atoms with van der Waals surface area (Å²) < 4.78 is 5.81. The van der Waals surface area contributed by atoms with Gasteiger partial charge in [0.25, 0.3) is 0 Å². The number of nitrogens with zero attached hydrogens (tertiary/aromatic N) is 2. The molecule has 2 atom stereocenters. The summed E-state index contributed by atoms with van der Waals surface area (Å²) in [4.78, 5) is 6.63. The number of ether oxygens (including phenoxy) is 1. The third kappa shape index (κ3) is 6.27. The summed E-state index contributed by atoms with van der Waals surface area (Å²) in [6.45, 7) is 8.02. The van der Waals surface area contributed by atoms with Crippen LogP contribution in [0.5, 0.6) is 0 Å². The van der Waals surface area contributed by atoms with E-state index in [0.29, 0.717) is 12.2 Å². The van der Waals surface area contributed by atoms with Crippen LogP contribution in [0.1, 0.15) is 25.0 Å². The lowest BCUT2D eigenvalue weighted by Gasteiger charge is -2.35. The normalized spacial score (nSPS) is 22.3. The molecular formula is C17H29IN4O. The van der Waals surface area contributed by atoms with Gasteiger partial charge in [0, 0.05) is 40.3 Å². The average molecular weight is 432 g/mol. The molecule has 2 unspecified atom stereocenters. The smallest absolute Gasteiger partial charge is 0.190 e. The van der Waals surface area contributed by atoms with Crippen LogP contribution in [0.15, 0.2) is 29.3 Å². The molecule has 130 valence electrons. The molecular weight excluding hydrogens is 403 g/mol. The van der Waals surface area contributed by atoms with Crippen molar-refractivity contribution >= 4 is 29.9 Å². The molecule has 0 bridgehead atoms. The molecule has 2 N–H and O–H groups in total. The number of benzene rings is 1. The topological polar surface area (TPSA) is 48.9 Å². The van der Waals surface area contributed by atoms with Crippen molar-refractivity contribution in [1.82, 2.24) is 15.5 Å². The molecule has 2 rings (SSSR count). The van der Waals surface area contributed by atoms with Crippen molar-refractivity contribution in [2.75, 3.05) is 27.2 Å². The Morgan fingerprint density at radius 1 is 1.22 bits per heavy atom. The minimum Gasteiger partial charge on any atom is -0.373 e. The first-order valence-corrected chi connectivity index (χ1v) is 7.95. The van der Waals surface area contributed by atoms with Gasteiger partial charge in [-0.2, -0.15) is 0 Å². The number of hydrogen-bond donors (Lipinski definition) is 2. The minimum atomic E-state index is 0. The summed E-state index contributed by atoms with van der Waals surface area (Å²) >= 11 is 0. The van der Waals surface area contributed by atoms with E-state index in [4.69, 9.17) is 4.74 Å². The maximum Gasteiger partial charge on any atom is 0.190 e. The average Bonchev–Trinajstić information content (AvgIpc) is 2.49. The van der Waals surface area contributed by atoms with E-state index in [1.54, 1.807) is 7.05 Å². The molecule has 0 radical (unpaired) electrons. The van der Waals surface area contributed by atoms with Crippen molar-refractivity contribution < 1.29 is 4.74 Å². The Kier molecular flexibility index (Phi) is 8.86. The fraction of sp³-hybridized carbons (Fsp3) is 0.588. The second-order valence-corrected chi connectivity index (χ2v) is 5.90. The molecule has 6 heteroatoms. The number of aliphatic imine (C=N–C) groups is 1. The van der Waals surface area contributed by atoms with E-state index in [1.807, 2.05) is 7.05 Å². The highest BCUT2D eigenvalue weighted by Gasteiger charge is 2.22. The Morgan fingerprint density at radius 3 is 2.39 bits per heavy atom. The molecule has 1 aliphatic rings. The Labute approximate surface area is 156 Å². The highest BCUT2D eigenvalue weighted by atomic mass is 127. The van der Waals surface area contributed by atoms with E-state index in [2.05, 4.69) is 58.6 Å². The quantitative estimate of drug-likeness (QED) is 0.435. The Balaban J connectivity index is 0.00000264. The van der Waals surface area contributed by atoms with E-state index >= 15 is 0 Å². The van der Waals surface area contributed by atoms with E-state index < -0.39 is 0 Å². The van der Waals surface area contributed by atoms with Crippen LogP contribution in [0.4, 0.5) is 0 Å². The molecule has 1 heterocycles. The Bertz CT molecular complexity index is 499. The van der Waals surface area contributed by atoms with Crippen LogP contribution in [-0.4, -0.2) is 50.3 Å². The summed E-state index contributed by atoms with van der Waals surface area (Å²) in [5.41, 5.74) is 2.67. The SMILES string of the molecule is CN=C(NC)NCc1ccccc1CN1CC(C)OC(C)C1.I. The summed E-state index contributed by atoms with van der Waals surface area (Å²) in [6, 6.07) is 8.59. The predicted molar refractivity (Wildman–Crippen MR) is 106 cm³/mol. The van der Waals surface area contributed by atoms with Crippen LogP contribution >= 0.6 is 24.0 Å². The van der Waals surface area contributed by atoms with Crippen molar-refractivity contribution in [3.05, 3.63) is 35.4 Å². The molecule has 0 aliphatic carbocycles. The molecule has 0 saturated carbocycles. The second kappa shape index (κ2) is 10.1. The van der Waals surface area contributed by atoms with Gasteiger partial charge in [-0.25, -0.2) is 0 Å². The number of rotatable bonds is 4. The lowest BCUT2D eigenvalue weighted by molar-refractivity contribution is -0.0705. The maximum atomic E-state index is 5.81. The van der Waals surface area contributed by atoms with Crippen molar-refractivity contribution in [2.45, 2.75) is 39.1 Å². The predicted octanol–water partition coefficient (Wildman–Crippen LogP) is 2.21. The fourth-order valence-electron chi connectivity index (χ4n) is 3.00. The molecule has 0 spiro atoms. The fourth-order valence-corrected chi connectivity index (χ4v) is 3.00. The maximum absolute atomic E-state index is 5.81. The highest BCUT2D eigenvalue weighted by Crippen LogP contribution is 2.16.